The highest BCUT2D eigenvalue weighted by Gasteiger charge is 2.17. The van der Waals surface area contributed by atoms with Crippen molar-refractivity contribution in [2.75, 3.05) is 11.6 Å². The van der Waals surface area contributed by atoms with Crippen LogP contribution in [0.3, 0.4) is 0 Å². The average Bonchev–Trinajstić information content (AvgIpc) is 2.89. The molecule has 6 heteroatoms. The number of benzene rings is 1. The molecule has 0 saturated carbocycles. The first-order valence-electron chi connectivity index (χ1n) is 5.97. The second-order valence-electron chi connectivity index (χ2n) is 4.24. The number of sulfone groups is 1. The van der Waals surface area contributed by atoms with Gasteiger partial charge in [0.2, 0.25) is 0 Å². The summed E-state index contributed by atoms with van der Waals surface area (Å²) >= 11 is 1.57. The molecule has 0 amide bonds. The van der Waals surface area contributed by atoms with Crippen LogP contribution < -0.4 is 5.32 Å². The summed E-state index contributed by atoms with van der Waals surface area (Å²) in [6.07, 6.45) is 3.82. The summed E-state index contributed by atoms with van der Waals surface area (Å²) in [6, 6.07) is 6.99. The van der Waals surface area contributed by atoms with E-state index in [9.17, 15) is 8.42 Å². The van der Waals surface area contributed by atoms with Gasteiger partial charge in [-0.15, -0.1) is 11.3 Å². The largest absolute Gasteiger partial charge is 0.375 e. The lowest BCUT2D eigenvalue weighted by molar-refractivity contribution is 0.601. The molecule has 1 aromatic heterocycles. The van der Waals surface area contributed by atoms with Crippen LogP contribution in [0.25, 0.3) is 0 Å². The van der Waals surface area contributed by atoms with Gasteiger partial charge < -0.3 is 5.32 Å². The van der Waals surface area contributed by atoms with Crippen molar-refractivity contribution in [3.8, 4) is 0 Å². The number of nitrogens with one attached hydrogen (secondary N) is 1. The Kier molecular flexibility index (Phi) is 4.21. The van der Waals surface area contributed by atoms with Gasteiger partial charge in [0.05, 0.1) is 16.6 Å². The molecule has 0 saturated heterocycles. The van der Waals surface area contributed by atoms with Crippen LogP contribution in [0.4, 0.5) is 5.69 Å². The lowest BCUT2D eigenvalue weighted by Crippen LogP contribution is -2.12. The number of anilines is 1. The predicted octanol–water partition coefficient (Wildman–Crippen LogP) is 3.11. The van der Waals surface area contributed by atoms with Gasteiger partial charge in [0, 0.05) is 17.8 Å². The standard InChI is InChI=1S/C13H16N2O2S2/c1-3-10(13-14-8-9-18-13)15-11-6-4-5-7-12(11)19(2,16)17/h4-10,15H,3H2,1-2H3. The van der Waals surface area contributed by atoms with Crippen LogP contribution in [-0.2, 0) is 9.84 Å². The first-order chi connectivity index (χ1) is 9.02. The summed E-state index contributed by atoms with van der Waals surface area (Å²) in [5, 5.41) is 6.16. The summed E-state index contributed by atoms with van der Waals surface area (Å²) in [5.74, 6) is 0. The molecular weight excluding hydrogens is 280 g/mol. The molecule has 102 valence electrons. The fraction of sp³-hybridized carbons (Fsp3) is 0.308. The topological polar surface area (TPSA) is 59.1 Å². The van der Waals surface area contributed by atoms with Gasteiger partial charge in [-0.3, -0.25) is 0 Å². The molecule has 0 bridgehead atoms. The Bertz CT molecular complexity index is 636. The van der Waals surface area contributed by atoms with E-state index in [0.29, 0.717) is 10.6 Å². The van der Waals surface area contributed by atoms with Crippen molar-refractivity contribution in [1.82, 2.24) is 4.98 Å². The van der Waals surface area contributed by atoms with Crippen LogP contribution in [0.2, 0.25) is 0 Å². The third-order valence-electron chi connectivity index (χ3n) is 2.77. The van der Waals surface area contributed by atoms with Gasteiger partial charge in [-0.2, -0.15) is 0 Å². The summed E-state index contributed by atoms with van der Waals surface area (Å²) < 4.78 is 23.5. The van der Waals surface area contributed by atoms with Crippen molar-refractivity contribution in [2.45, 2.75) is 24.3 Å². The second-order valence-corrected chi connectivity index (χ2v) is 7.15. The molecule has 1 unspecified atom stereocenters. The Morgan fingerprint density at radius 1 is 1.37 bits per heavy atom. The molecule has 1 N–H and O–H groups in total. The lowest BCUT2D eigenvalue weighted by Gasteiger charge is -2.18. The van der Waals surface area contributed by atoms with Crippen molar-refractivity contribution in [3.05, 3.63) is 40.8 Å². The van der Waals surface area contributed by atoms with Gasteiger partial charge in [0.1, 0.15) is 5.01 Å². The number of thiazole rings is 1. The van der Waals surface area contributed by atoms with E-state index in [-0.39, 0.29) is 6.04 Å². The lowest BCUT2D eigenvalue weighted by atomic mass is 10.2. The molecule has 1 atom stereocenters. The summed E-state index contributed by atoms with van der Waals surface area (Å²) in [4.78, 5) is 4.61. The molecule has 1 heterocycles. The number of aromatic nitrogens is 1. The van der Waals surface area contributed by atoms with Crippen LogP contribution in [0.15, 0.2) is 40.7 Å². The van der Waals surface area contributed by atoms with Crippen LogP contribution in [0.5, 0.6) is 0 Å². The van der Waals surface area contributed by atoms with E-state index >= 15 is 0 Å². The van der Waals surface area contributed by atoms with E-state index in [0.717, 1.165) is 11.4 Å². The molecule has 0 spiro atoms. The van der Waals surface area contributed by atoms with E-state index in [4.69, 9.17) is 0 Å². The normalized spacial score (nSPS) is 13.2. The zero-order valence-electron chi connectivity index (χ0n) is 10.8. The van der Waals surface area contributed by atoms with Crippen molar-refractivity contribution >= 4 is 26.9 Å². The van der Waals surface area contributed by atoms with Crippen LogP contribution in [0.1, 0.15) is 24.4 Å². The molecule has 0 radical (unpaired) electrons. The Hall–Kier alpha value is -1.40. The Balaban J connectivity index is 2.33. The van der Waals surface area contributed by atoms with Crippen molar-refractivity contribution in [1.29, 1.82) is 0 Å². The predicted molar refractivity (Wildman–Crippen MR) is 78.3 cm³/mol. The molecule has 19 heavy (non-hydrogen) atoms. The summed E-state index contributed by atoms with van der Waals surface area (Å²) in [7, 11) is -3.24. The third-order valence-corrected chi connectivity index (χ3v) is 4.82. The minimum atomic E-state index is -3.24. The molecule has 2 aromatic rings. The highest BCUT2D eigenvalue weighted by molar-refractivity contribution is 7.90. The number of rotatable bonds is 5. The van der Waals surface area contributed by atoms with E-state index in [1.54, 1.807) is 35.7 Å². The smallest absolute Gasteiger partial charge is 0.177 e. The van der Waals surface area contributed by atoms with Crippen LogP contribution in [0, 0.1) is 0 Å². The van der Waals surface area contributed by atoms with E-state index < -0.39 is 9.84 Å². The van der Waals surface area contributed by atoms with Gasteiger partial charge in [-0.1, -0.05) is 19.1 Å². The van der Waals surface area contributed by atoms with Crippen LogP contribution >= 0.6 is 11.3 Å². The zero-order chi connectivity index (χ0) is 13.9. The number of hydrogen-bond acceptors (Lipinski definition) is 5. The number of nitrogens with zero attached hydrogens (tertiary/aromatic N) is 1. The Morgan fingerprint density at radius 2 is 2.11 bits per heavy atom. The minimum absolute atomic E-state index is 0.0305. The Morgan fingerprint density at radius 3 is 2.68 bits per heavy atom. The fourth-order valence-corrected chi connectivity index (χ4v) is 3.47. The number of hydrogen-bond donors (Lipinski definition) is 1. The maximum Gasteiger partial charge on any atom is 0.177 e. The van der Waals surface area contributed by atoms with Crippen molar-refractivity contribution in [2.24, 2.45) is 0 Å². The molecule has 4 nitrogen and oxygen atoms in total. The van der Waals surface area contributed by atoms with E-state index in [1.807, 2.05) is 18.4 Å². The molecular formula is C13H16N2O2S2. The minimum Gasteiger partial charge on any atom is -0.375 e. The van der Waals surface area contributed by atoms with Gasteiger partial charge in [0.15, 0.2) is 9.84 Å². The van der Waals surface area contributed by atoms with E-state index in [2.05, 4.69) is 10.3 Å². The van der Waals surface area contributed by atoms with E-state index in [1.165, 1.54) is 6.26 Å². The summed E-state index contributed by atoms with van der Waals surface area (Å²) in [6.45, 7) is 2.04. The monoisotopic (exact) mass is 296 g/mol. The summed E-state index contributed by atoms with van der Waals surface area (Å²) in [5.41, 5.74) is 0.632. The van der Waals surface area contributed by atoms with Gasteiger partial charge in [-0.05, 0) is 18.6 Å². The second kappa shape index (κ2) is 5.71. The highest BCUT2D eigenvalue weighted by Crippen LogP contribution is 2.28. The number of para-hydroxylation sites is 1. The molecule has 0 aliphatic heterocycles. The third kappa shape index (κ3) is 3.33. The maximum atomic E-state index is 11.8. The zero-order valence-corrected chi connectivity index (χ0v) is 12.5. The quantitative estimate of drug-likeness (QED) is 0.921. The first-order valence-corrected chi connectivity index (χ1v) is 8.74. The highest BCUT2D eigenvalue weighted by atomic mass is 32.2. The van der Waals surface area contributed by atoms with Gasteiger partial charge >= 0.3 is 0 Å². The molecule has 2 rings (SSSR count). The first kappa shape index (κ1) is 14.0. The average molecular weight is 296 g/mol. The molecule has 0 fully saturated rings. The SMILES string of the molecule is CCC(Nc1ccccc1S(C)(=O)=O)c1nccs1. The van der Waals surface area contributed by atoms with Crippen LogP contribution in [-0.4, -0.2) is 19.7 Å². The maximum absolute atomic E-state index is 11.8. The molecule has 1 aromatic carbocycles. The van der Waals surface area contributed by atoms with Crippen molar-refractivity contribution in [3.63, 3.8) is 0 Å². The van der Waals surface area contributed by atoms with Gasteiger partial charge in [0.25, 0.3) is 0 Å². The molecule has 0 aliphatic rings. The molecule has 0 aliphatic carbocycles. The van der Waals surface area contributed by atoms with Crippen molar-refractivity contribution < 1.29 is 8.42 Å². The fourth-order valence-electron chi connectivity index (χ4n) is 1.84. The Labute approximate surface area is 117 Å². The van der Waals surface area contributed by atoms with Gasteiger partial charge in [-0.25, -0.2) is 13.4 Å².